The molecule has 5 aromatic rings. The Morgan fingerprint density at radius 1 is 0.865 bits per heavy atom. The van der Waals surface area contributed by atoms with Gasteiger partial charge < -0.3 is 4.74 Å². The molecule has 182 valence electrons. The summed E-state index contributed by atoms with van der Waals surface area (Å²) in [5, 5.41) is 9.56. The van der Waals surface area contributed by atoms with E-state index in [9.17, 15) is 4.79 Å². The van der Waals surface area contributed by atoms with Crippen molar-refractivity contribution >= 4 is 40.8 Å². The lowest BCUT2D eigenvalue weighted by Crippen LogP contribution is -2.30. The Morgan fingerprint density at radius 3 is 2.16 bits per heavy atom. The van der Waals surface area contributed by atoms with Gasteiger partial charge in [-0.2, -0.15) is 0 Å². The molecular weight excluding hydrogens is 502 g/mol. The number of amides is 1. The first kappa shape index (κ1) is 23.3. The highest BCUT2D eigenvalue weighted by molar-refractivity contribution is 8.00. The number of fused-ring (bicyclic) bond motifs is 2. The Hall–Kier alpha value is -4.08. The Bertz CT molecular complexity index is 1530. The number of carbonyl (C=O) groups excluding carboxylic acids is 1. The van der Waals surface area contributed by atoms with Crippen molar-refractivity contribution < 1.29 is 9.53 Å². The van der Waals surface area contributed by atoms with Crippen molar-refractivity contribution in [1.82, 2.24) is 19.7 Å². The molecule has 6 rings (SSSR count). The van der Waals surface area contributed by atoms with Gasteiger partial charge in [-0.3, -0.25) is 19.2 Å². The second kappa shape index (κ2) is 10.1. The highest BCUT2D eigenvalue weighted by Crippen LogP contribution is 2.48. The van der Waals surface area contributed by atoms with Crippen molar-refractivity contribution in [3.05, 3.63) is 97.3 Å². The number of hydrogen-bond acceptors (Lipinski definition) is 7. The average molecular weight is 524 g/mol. The number of aromatic nitrogens is 4. The molecule has 0 atom stereocenters. The molecule has 3 aromatic carbocycles. The second-order valence-electron chi connectivity index (χ2n) is 8.13. The third kappa shape index (κ3) is 4.47. The summed E-state index contributed by atoms with van der Waals surface area (Å²) in [5.74, 6) is 1.59. The monoisotopic (exact) mass is 523 g/mol. The number of benzene rings is 3. The van der Waals surface area contributed by atoms with E-state index in [-0.39, 0.29) is 11.7 Å². The molecule has 3 heterocycles. The van der Waals surface area contributed by atoms with Crippen molar-refractivity contribution in [2.24, 2.45) is 0 Å². The third-order valence-electron chi connectivity index (χ3n) is 5.91. The van der Waals surface area contributed by atoms with Gasteiger partial charge in [0.2, 0.25) is 5.91 Å². The molecule has 1 aliphatic rings. The number of ether oxygens (including phenoxy) is 1. The molecule has 0 spiro atoms. The first-order valence-electron chi connectivity index (χ1n) is 11.5. The summed E-state index contributed by atoms with van der Waals surface area (Å²) in [6.45, 7) is 0. The fourth-order valence-electron chi connectivity index (χ4n) is 4.18. The smallest absolute Gasteiger partial charge is 0.242 e. The minimum atomic E-state index is -0.0278. The van der Waals surface area contributed by atoms with Gasteiger partial charge in [0.15, 0.2) is 11.0 Å². The molecule has 0 saturated carbocycles. The summed E-state index contributed by atoms with van der Waals surface area (Å²) in [7, 11) is 1.64. The number of rotatable bonds is 6. The largest absolute Gasteiger partial charge is 0.497 e. The lowest BCUT2D eigenvalue weighted by Gasteiger charge is -2.30. The van der Waals surface area contributed by atoms with Crippen LogP contribution in [0.4, 0.5) is 11.4 Å². The first-order chi connectivity index (χ1) is 18.2. The second-order valence-corrected chi connectivity index (χ2v) is 10.2. The Kier molecular flexibility index (Phi) is 6.38. The van der Waals surface area contributed by atoms with Crippen LogP contribution < -0.4 is 9.64 Å². The normalized spacial score (nSPS) is 12.1. The molecular formula is C28H21N5O2S2. The van der Waals surface area contributed by atoms with Crippen molar-refractivity contribution in [2.45, 2.75) is 14.9 Å². The molecule has 0 bridgehead atoms. The number of nitrogens with zero attached hydrogens (tertiary/aromatic N) is 5. The number of hydrogen-bond donors (Lipinski definition) is 0. The molecule has 0 N–H and O–H groups in total. The number of pyridine rings is 1. The molecule has 0 saturated heterocycles. The van der Waals surface area contributed by atoms with Crippen LogP contribution in [0.1, 0.15) is 0 Å². The van der Waals surface area contributed by atoms with E-state index < -0.39 is 0 Å². The minimum Gasteiger partial charge on any atom is -0.497 e. The van der Waals surface area contributed by atoms with E-state index >= 15 is 0 Å². The topological polar surface area (TPSA) is 73.1 Å². The van der Waals surface area contributed by atoms with Crippen molar-refractivity contribution in [1.29, 1.82) is 0 Å². The number of carbonyl (C=O) groups is 1. The molecule has 0 radical (unpaired) electrons. The van der Waals surface area contributed by atoms with Crippen LogP contribution in [-0.2, 0) is 4.79 Å². The maximum atomic E-state index is 13.7. The third-order valence-corrected chi connectivity index (χ3v) is 7.95. The zero-order valence-corrected chi connectivity index (χ0v) is 21.4. The lowest BCUT2D eigenvalue weighted by molar-refractivity contribution is -0.115. The summed E-state index contributed by atoms with van der Waals surface area (Å²) in [6, 6.07) is 27.5. The summed E-state index contributed by atoms with van der Waals surface area (Å²) in [5.41, 5.74) is 3.54. The molecule has 1 aliphatic heterocycles. The van der Waals surface area contributed by atoms with Gasteiger partial charge in [-0.15, -0.1) is 10.2 Å². The number of anilines is 2. The zero-order valence-electron chi connectivity index (χ0n) is 19.8. The molecule has 2 aromatic heterocycles. The quantitative estimate of drug-likeness (QED) is 0.243. The predicted octanol–water partition coefficient (Wildman–Crippen LogP) is 6.26. The number of methoxy groups -OCH3 is 1. The Morgan fingerprint density at radius 2 is 1.51 bits per heavy atom. The maximum Gasteiger partial charge on any atom is 0.242 e. The summed E-state index contributed by atoms with van der Waals surface area (Å²) in [6.07, 6.45) is 3.45. The van der Waals surface area contributed by atoms with Gasteiger partial charge in [-0.1, -0.05) is 47.8 Å². The first-order valence-corrected chi connectivity index (χ1v) is 13.3. The molecule has 7 nitrogen and oxygen atoms in total. The summed E-state index contributed by atoms with van der Waals surface area (Å²) >= 11 is 3.04. The lowest BCUT2D eigenvalue weighted by atomic mass is 10.2. The van der Waals surface area contributed by atoms with E-state index in [1.165, 1.54) is 11.8 Å². The van der Waals surface area contributed by atoms with E-state index in [0.717, 1.165) is 38.2 Å². The van der Waals surface area contributed by atoms with Crippen molar-refractivity contribution in [3.63, 3.8) is 0 Å². The summed E-state index contributed by atoms with van der Waals surface area (Å²) < 4.78 is 7.29. The van der Waals surface area contributed by atoms with E-state index in [2.05, 4.69) is 15.2 Å². The van der Waals surface area contributed by atoms with Crippen LogP contribution in [0.3, 0.4) is 0 Å². The van der Waals surface area contributed by atoms with Crippen LogP contribution in [0.2, 0.25) is 0 Å². The van der Waals surface area contributed by atoms with Gasteiger partial charge in [0, 0.05) is 33.4 Å². The minimum absolute atomic E-state index is 0.0278. The standard InChI is InChI=1S/C28H21N5O2S2/c1-35-21-12-10-20(11-13-21)32-27(19-14-16-29-17-15-19)30-31-28(32)36-18-26(34)33-22-6-2-4-8-24(22)37-25-9-5-3-7-23(25)33/h2-17H,18H2,1H3. The molecule has 37 heavy (non-hydrogen) atoms. The molecule has 0 aliphatic carbocycles. The molecule has 1 amide bonds. The SMILES string of the molecule is COc1ccc(-n2c(SCC(=O)N3c4ccccc4Sc4ccccc43)nnc2-c2ccncc2)cc1. The van der Waals surface area contributed by atoms with Crippen molar-refractivity contribution in [2.75, 3.05) is 17.8 Å². The van der Waals surface area contributed by atoms with Gasteiger partial charge in [-0.05, 0) is 60.7 Å². The van der Waals surface area contributed by atoms with Gasteiger partial charge in [0.05, 0.1) is 24.2 Å². The summed E-state index contributed by atoms with van der Waals surface area (Å²) in [4.78, 5) is 21.8. The predicted molar refractivity (Wildman–Crippen MR) is 146 cm³/mol. The van der Waals surface area contributed by atoms with Crippen LogP contribution in [-0.4, -0.2) is 38.5 Å². The van der Waals surface area contributed by atoms with Crippen LogP contribution in [0.15, 0.2) is 112 Å². The van der Waals surface area contributed by atoms with E-state index in [1.807, 2.05) is 94.4 Å². The average Bonchev–Trinajstić information content (AvgIpc) is 3.39. The number of para-hydroxylation sites is 2. The van der Waals surface area contributed by atoms with Crippen LogP contribution in [0.25, 0.3) is 17.1 Å². The fraction of sp³-hybridized carbons (Fsp3) is 0.0714. The molecule has 9 heteroatoms. The number of thioether (sulfide) groups is 1. The Labute approximate surface area is 222 Å². The Balaban J connectivity index is 1.34. The highest BCUT2D eigenvalue weighted by atomic mass is 32.2. The van der Waals surface area contributed by atoms with Gasteiger partial charge >= 0.3 is 0 Å². The van der Waals surface area contributed by atoms with Gasteiger partial charge in [0.1, 0.15) is 5.75 Å². The van der Waals surface area contributed by atoms with Gasteiger partial charge in [0.25, 0.3) is 0 Å². The van der Waals surface area contributed by atoms with Gasteiger partial charge in [-0.25, -0.2) is 0 Å². The highest BCUT2D eigenvalue weighted by Gasteiger charge is 2.28. The van der Waals surface area contributed by atoms with Crippen LogP contribution in [0.5, 0.6) is 5.75 Å². The van der Waals surface area contributed by atoms with Crippen molar-refractivity contribution in [3.8, 4) is 22.8 Å². The zero-order chi connectivity index (χ0) is 25.2. The maximum absolute atomic E-state index is 13.7. The van der Waals surface area contributed by atoms with E-state index in [0.29, 0.717) is 11.0 Å². The molecule has 0 fully saturated rings. The molecule has 0 unspecified atom stereocenters. The van der Waals surface area contributed by atoms with E-state index in [4.69, 9.17) is 4.74 Å². The fourth-order valence-corrected chi connectivity index (χ4v) is 6.04. The van der Waals surface area contributed by atoms with E-state index in [1.54, 1.807) is 31.3 Å². The van der Waals surface area contributed by atoms with Crippen LogP contribution >= 0.6 is 23.5 Å². The van der Waals surface area contributed by atoms with Crippen LogP contribution in [0, 0.1) is 0 Å².